The third-order valence-electron chi connectivity index (χ3n) is 14.3. The van der Waals surface area contributed by atoms with Gasteiger partial charge < -0.3 is 56.0 Å². The Bertz CT molecular complexity index is 3650. The lowest BCUT2D eigenvalue weighted by Gasteiger charge is -2.50. The number of alkyl carbamates (subject to hydrolysis) is 2. The fourth-order valence-electron chi connectivity index (χ4n) is 9.95. The smallest absolute Gasteiger partial charge is 0.408 e. The number of phenols is 2. The minimum Gasteiger partial charge on any atom is -0.508 e. The molecule has 93 heavy (non-hydrogen) atoms. The number of phenolic OH excluding ortho intramolecular Hbond substituents is 2. The maximum absolute atomic E-state index is 13.8. The molecule has 0 bridgehead atoms. The van der Waals surface area contributed by atoms with Crippen molar-refractivity contribution < 1.29 is 72.6 Å². The highest BCUT2D eigenvalue weighted by Gasteiger charge is 2.55. The van der Waals surface area contributed by atoms with Crippen LogP contribution in [0.4, 0.5) is 9.59 Å². The molecule has 488 valence electrons. The number of nitrogens with one attached hydrogen (secondary N) is 3. The van der Waals surface area contributed by atoms with Crippen LogP contribution in [0.25, 0.3) is 0 Å². The standard InChI is InChI=1S/C34H34ClN3O7S.C21H19ClN2O3S.C13H17NO5/c1-34(2,3)45-33(43)37-25(20-14-16-24(39)17-15-20)29(40)36-26-30(41)38-27(23(18-35)19-46-31(26)38)32(42)44-28(21-10-6-4-7-11-21)22-12-8-5-9-13-22;22-11-15-12-28-20-16(23)19(25)24(20)17(15)21(26)27-18(13-7-3-1-4-8-13)14-9-5-2-6-10-14;1-13(2,3)19-12(18)14-10(11(16)17)8-4-6-9(15)7-5-8/h4-17,25-26,28,31,39H,18-19H2,1-3H3,(H,36,40)(H,37,43);1-10,16,18,20H,11-12,23H2;4-7,10,15H,1-3H3,(H,14,18)(H,16,17). The zero-order valence-electron chi connectivity index (χ0n) is 51.4. The third kappa shape index (κ3) is 17.8. The van der Waals surface area contributed by atoms with Crippen molar-refractivity contribution in [2.75, 3.05) is 23.3 Å². The molecule has 0 spiro atoms. The predicted octanol–water partition coefficient (Wildman–Crippen LogP) is 10.3. The number of amides is 5. The summed E-state index contributed by atoms with van der Waals surface area (Å²) in [6.45, 7) is 10.1. The Kier molecular flexibility index (Phi) is 23.4. The molecular weight excluding hydrogens is 1280 g/mol. The van der Waals surface area contributed by atoms with Crippen LogP contribution in [0, 0.1) is 0 Å². The molecular formula is C68H70Cl2N6O15S2. The van der Waals surface area contributed by atoms with Gasteiger partial charge >= 0.3 is 30.1 Å². The molecule has 21 nitrogen and oxygen atoms in total. The Labute approximate surface area is 555 Å². The highest BCUT2D eigenvalue weighted by molar-refractivity contribution is 8.00. The Balaban J connectivity index is 0.000000200. The summed E-state index contributed by atoms with van der Waals surface area (Å²) in [6.07, 6.45) is -2.96. The van der Waals surface area contributed by atoms with Crippen molar-refractivity contribution in [3.05, 3.63) is 226 Å². The number of hydrogen-bond acceptors (Lipinski definition) is 17. The summed E-state index contributed by atoms with van der Waals surface area (Å²) in [5.74, 6) is -2.87. The first-order valence-electron chi connectivity index (χ1n) is 29.2. The second-order valence-electron chi connectivity index (χ2n) is 23.4. The Hall–Kier alpha value is -9.00. The number of hydrogen-bond donors (Lipinski definition) is 7. The van der Waals surface area contributed by atoms with Gasteiger partial charge in [-0.25, -0.2) is 24.0 Å². The monoisotopic (exact) mass is 1340 g/mol. The van der Waals surface area contributed by atoms with E-state index in [1.165, 1.54) is 81.9 Å². The zero-order valence-corrected chi connectivity index (χ0v) is 54.5. The van der Waals surface area contributed by atoms with Crippen LogP contribution >= 0.6 is 46.7 Å². The van der Waals surface area contributed by atoms with Crippen LogP contribution in [0.1, 0.15) is 99.2 Å². The normalized spacial score (nSPS) is 18.1. The number of benzene rings is 6. The van der Waals surface area contributed by atoms with Gasteiger partial charge in [-0.15, -0.1) is 46.7 Å². The number of nitrogens with two attached hydrogens (primary N) is 1. The SMILES string of the molecule is CC(C)(C)OC(=O)NC(C(=O)NC1C(=O)N2C(C(=O)OC(c3ccccc3)c3ccccc3)=C(CCl)CSC12)c1ccc(O)cc1.CC(C)(C)OC(=O)NC(C(=O)O)c1ccc(O)cc1.NC1C(=O)N2C(C(=O)OC(c3ccccc3)c3ccccc3)=C(CCl)CSC12. The second-order valence-corrected chi connectivity index (χ2v) is 26.1. The molecule has 25 heteroatoms. The zero-order chi connectivity index (χ0) is 67.3. The first-order valence-corrected chi connectivity index (χ1v) is 32.4. The highest BCUT2D eigenvalue weighted by atomic mass is 35.5. The molecule has 6 atom stereocenters. The number of rotatable bonds is 17. The molecule has 0 radical (unpaired) electrons. The van der Waals surface area contributed by atoms with Gasteiger partial charge in [-0.3, -0.25) is 24.2 Å². The van der Waals surface area contributed by atoms with E-state index in [1.54, 1.807) is 41.5 Å². The molecule has 2 fully saturated rings. The van der Waals surface area contributed by atoms with E-state index in [-0.39, 0.29) is 45.9 Å². The lowest BCUT2D eigenvalue weighted by Crippen LogP contribution is -2.71. The summed E-state index contributed by atoms with van der Waals surface area (Å²) in [5.41, 5.74) is 9.82. The van der Waals surface area contributed by atoms with Gasteiger partial charge in [0.05, 0.1) is 0 Å². The van der Waals surface area contributed by atoms with E-state index in [0.29, 0.717) is 33.8 Å². The van der Waals surface area contributed by atoms with Crippen LogP contribution in [0.15, 0.2) is 192 Å². The Morgan fingerprint density at radius 1 is 0.527 bits per heavy atom. The van der Waals surface area contributed by atoms with E-state index < -0.39 is 94.9 Å². The van der Waals surface area contributed by atoms with Crippen LogP contribution < -0.4 is 21.7 Å². The van der Waals surface area contributed by atoms with Crippen molar-refractivity contribution in [3.8, 4) is 11.5 Å². The van der Waals surface area contributed by atoms with Gasteiger partial charge in [-0.1, -0.05) is 146 Å². The van der Waals surface area contributed by atoms with Crippen molar-refractivity contribution in [1.82, 2.24) is 25.8 Å². The number of carboxylic acid groups (broad SMARTS) is 1. The van der Waals surface area contributed by atoms with Gasteiger partial charge in [0, 0.05) is 23.3 Å². The molecule has 0 saturated carbocycles. The number of fused-ring (bicyclic) bond motifs is 2. The van der Waals surface area contributed by atoms with Gasteiger partial charge in [0.25, 0.3) is 5.91 Å². The van der Waals surface area contributed by atoms with Crippen LogP contribution in [-0.4, -0.2) is 130 Å². The van der Waals surface area contributed by atoms with E-state index >= 15 is 0 Å². The highest BCUT2D eigenvalue weighted by Crippen LogP contribution is 2.43. The number of carbonyl (C=O) groups is 8. The summed E-state index contributed by atoms with van der Waals surface area (Å²) in [5, 5.41) is 34.7. The Morgan fingerprint density at radius 2 is 0.871 bits per heavy atom. The molecule has 2 saturated heterocycles. The molecule has 8 N–H and O–H groups in total. The number of nitrogens with zero attached hydrogens (tertiary/aromatic N) is 2. The van der Waals surface area contributed by atoms with E-state index in [2.05, 4.69) is 16.0 Å². The van der Waals surface area contributed by atoms with Gasteiger partial charge in [0.15, 0.2) is 18.2 Å². The summed E-state index contributed by atoms with van der Waals surface area (Å²) >= 11 is 15.2. The maximum Gasteiger partial charge on any atom is 0.408 e. The number of alkyl halides is 2. The van der Waals surface area contributed by atoms with Crippen molar-refractivity contribution in [1.29, 1.82) is 0 Å². The van der Waals surface area contributed by atoms with Gasteiger partial charge in [-0.05, 0) is 110 Å². The van der Waals surface area contributed by atoms with Crippen LogP contribution in [0.3, 0.4) is 0 Å². The molecule has 4 heterocycles. The average molecular weight is 1350 g/mol. The van der Waals surface area contributed by atoms with Crippen LogP contribution in [0.2, 0.25) is 0 Å². The summed E-state index contributed by atoms with van der Waals surface area (Å²) in [4.78, 5) is 105. The molecule has 6 aromatic rings. The number of halogens is 2. The predicted molar refractivity (Wildman–Crippen MR) is 351 cm³/mol. The fourth-order valence-corrected chi connectivity index (χ4v) is 13.3. The lowest BCUT2D eigenvalue weighted by molar-refractivity contribution is -0.154. The van der Waals surface area contributed by atoms with Crippen molar-refractivity contribution in [3.63, 3.8) is 0 Å². The summed E-state index contributed by atoms with van der Waals surface area (Å²) in [6, 6.07) is 44.9. The molecule has 6 aromatic carbocycles. The third-order valence-corrected chi connectivity index (χ3v) is 17.6. The minimum atomic E-state index is -1.23. The van der Waals surface area contributed by atoms with Gasteiger partial charge in [0.1, 0.15) is 63.0 Å². The first kappa shape index (κ1) is 69.9. The summed E-state index contributed by atoms with van der Waals surface area (Å²) in [7, 11) is 0. The topological polar surface area (TPSA) is 303 Å². The van der Waals surface area contributed by atoms with E-state index in [0.717, 1.165) is 22.3 Å². The number of esters is 2. The van der Waals surface area contributed by atoms with Crippen molar-refractivity contribution in [2.24, 2.45) is 5.73 Å². The maximum atomic E-state index is 13.8. The molecule has 0 aromatic heterocycles. The largest absolute Gasteiger partial charge is 0.508 e. The lowest BCUT2D eigenvalue weighted by atomic mass is 10.00. The van der Waals surface area contributed by atoms with Crippen LogP contribution in [0.5, 0.6) is 11.5 Å². The number of ether oxygens (including phenoxy) is 4. The molecule has 6 unspecified atom stereocenters. The van der Waals surface area contributed by atoms with Crippen LogP contribution in [-0.2, 0) is 47.7 Å². The quantitative estimate of drug-likeness (QED) is 0.0193. The number of carboxylic acids is 1. The molecule has 4 aliphatic rings. The summed E-state index contributed by atoms with van der Waals surface area (Å²) < 4.78 is 22.4. The van der Waals surface area contributed by atoms with E-state index in [4.69, 9.17) is 58.1 Å². The number of aromatic hydroxyl groups is 2. The number of β-lactam (4-membered cyclic amide) rings is 2. The molecule has 0 aliphatic carbocycles. The number of thioether (sulfide) groups is 2. The minimum absolute atomic E-state index is 0.00896. The number of aliphatic carboxylic acids is 1. The van der Waals surface area contributed by atoms with E-state index in [9.17, 15) is 43.5 Å². The molecule has 10 rings (SSSR count). The van der Waals surface area contributed by atoms with Gasteiger partial charge in [-0.2, -0.15) is 0 Å². The molecule has 5 amide bonds. The Morgan fingerprint density at radius 3 is 1.23 bits per heavy atom. The fraction of sp³-hybridized carbons (Fsp3) is 0.294. The van der Waals surface area contributed by atoms with Crippen molar-refractivity contribution in [2.45, 2.75) is 99.9 Å². The van der Waals surface area contributed by atoms with Gasteiger partial charge in [0.2, 0.25) is 11.8 Å². The second kappa shape index (κ2) is 31.1. The van der Waals surface area contributed by atoms with Crippen molar-refractivity contribution >= 4 is 94.5 Å². The van der Waals surface area contributed by atoms with E-state index in [1.807, 2.05) is 121 Å². The molecule has 4 aliphatic heterocycles. The first-order chi connectivity index (χ1) is 44.3. The number of carbonyl (C=O) groups excluding carboxylic acids is 7. The average Bonchev–Trinajstić information content (AvgIpc) is 0.741.